The third-order valence-corrected chi connectivity index (χ3v) is 3.02. The summed E-state index contributed by atoms with van der Waals surface area (Å²) in [5.41, 5.74) is 0.742. The molecule has 0 saturated carbocycles. The Labute approximate surface area is 117 Å². The molecule has 0 spiro atoms. The third-order valence-electron chi connectivity index (χ3n) is 2.13. The molecule has 1 aromatic carbocycles. The van der Waals surface area contributed by atoms with Crippen molar-refractivity contribution in [1.82, 2.24) is 15.2 Å². The molecule has 0 aliphatic heterocycles. The van der Waals surface area contributed by atoms with Crippen molar-refractivity contribution in [3.8, 4) is 11.4 Å². The number of rotatable bonds is 3. The van der Waals surface area contributed by atoms with E-state index >= 15 is 0 Å². The lowest BCUT2D eigenvalue weighted by Crippen LogP contribution is -2.06. The van der Waals surface area contributed by atoms with Gasteiger partial charge in [-0.1, -0.05) is 11.6 Å². The van der Waals surface area contributed by atoms with Crippen molar-refractivity contribution < 1.29 is 9.53 Å². The quantitative estimate of drug-likeness (QED) is 0.878. The highest BCUT2D eigenvalue weighted by atomic mass is 79.9. The van der Waals surface area contributed by atoms with Crippen molar-refractivity contribution in [1.29, 1.82) is 0 Å². The van der Waals surface area contributed by atoms with Crippen LogP contribution in [-0.2, 0) is 4.74 Å². The maximum atomic E-state index is 11.4. The van der Waals surface area contributed by atoms with E-state index in [0.29, 0.717) is 17.5 Å². The zero-order valence-corrected chi connectivity index (χ0v) is 11.7. The minimum Gasteiger partial charge on any atom is -0.460 e. The molecule has 0 atom stereocenters. The Morgan fingerprint density at radius 1 is 1.56 bits per heavy atom. The van der Waals surface area contributed by atoms with Crippen LogP contribution in [0.4, 0.5) is 0 Å². The number of halogens is 2. The number of carbonyl (C=O) groups is 1. The number of ether oxygens (including phenoxy) is 1. The number of carbonyl (C=O) groups excluding carboxylic acids is 1. The highest BCUT2D eigenvalue weighted by Gasteiger charge is 2.15. The number of nitrogens with one attached hydrogen (secondary N) is 1. The van der Waals surface area contributed by atoms with Gasteiger partial charge in [0.05, 0.1) is 6.61 Å². The van der Waals surface area contributed by atoms with Gasteiger partial charge in [-0.3, -0.25) is 5.10 Å². The summed E-state index contributed by atoms with van der Waals surface area (Å²) >= 11 is 9.21. The zero-order chi connectivity index (χ0) is 13.1. The van der Waals surface area contributed by atoms with E-state index in [-0.39, 0.29) is 5.82 Å². The molecule has 0 aliphatic rings. The van der Waals surface area contributed by atoms with Crippen LogP contribution in [0.1, 0.15) is 17.5 Å². The molecule has 1 heterocycles. The fraction of sp³-hybridized carbons (Fsp3) is 0.182. The fourth-order valence-corrected chi connectivity index (χ4v) is 2.20. The predicted octanol–water partition coefficient (Wildman–Crippen LogP) is 3.06. The molecule has 5 nitrogen and oxygen atoms in total. The first-order valence-corrected chi connectivity index (χ1v) is 6.34. The molecule has 0 unspecified atom stereocenters. The predicted molar refractivity (Wildman–Crippen MR) is 70.5 cm³/mol. The number of benzene rings is 1. The summed E-state index contributed by atoms with van der Waals surface area (Å²) in [5.74, 6) is -0.0448. The molecule has 2 aromatic rings. The third kappa shape index (κ3) is 2.70. The second-order valence-electron chi connectivity index (χ2n) is 3.35. The van der Waals surface area contributed by atoms with Crippen LogP contribution in [0.2, 0.25) is 5.02 Å². The van der Waals surface area contributed by atoms with Crippen LogP contribution < -0.4 is 0 Å². The minimum atomic E-state index is -0.527. The molecule has 0 bridgehead atoms. The summed E-state index contributed by atoms with van der Waals surface area (Å²) in [5, 5.41) is 7.11. The topological polar surface area (TPSA) is 67.9 Å². The van der Waals surface area contributed by atoms with Crippen molar-refractivity contribution in [2.45, 2.75) is 6.92 Å². The van der Waals surface area contributed by atoms with Gasteiger partial charge in [-0.2, -0.15) is 5.10 Å². The SMILES string of the molecule is CCOC(=O)c1nc(-c2ccc(Cl)cc2Br)n[nH]1. The van der Waals surface area contributed by atoms with Crippen LogP contribution in [-0.4, -0.2) is 27.8 Å². The summed E-state index contributed by atoms with van der Waals surface area (Å²) < 4.78 is 5.58. The van der Waals surface area contributed by atoms with Crippen molar-refractivity contribution in [3.63, 3.8) is 0 Å². The smallest absolute Gasteiger partial charge is 0.375 e. The highest BCUT2D eigenvalue weighted by molar-refractivity contribution is 9.10. The Hall–Kier alpha value is -1.40. The van der Waals surface area contributed by atoms with Crippen molar-refractivity contribution in [2.75, 3.05) is 6.61 Å². The van der Waals surface area contributed by atoms with E-state index in [2.05, 4.69) is 31.1 Å². The van der Waals surface area contributed by atoms with E-state index < -0.39 is 5.97 Å². The van der Waals surface area contributed by atoms with Crippen LogP contribution in [0.25, 0.3) is 11.4 Å². The summed E-state index contributed by atoms with van der Waals surface area (Å²) in [4.78, 5) is 15.5. The second-order valence-corrected chi connectivity index (χ2v) is 4.64. The van der Waals surface area contributed by atoms with Crippen molar-refractivity contribution >= 4 is 33.5 Å². The van der Waals surface area contributed by atoms with Gasteiger partial charge in [-0.25, -0.2) is 9.78 Å². The van der Waals surface area contributed by atoms with E-state index in [1.807, 2.05) is 0 Å². The van der Waals surface area contributed by atoms with E-state index in [4.69, 9.17) is 16.3 Å². The summed E-state index contributed by atoms with van der Waals surface area (Å²) in [6.07, 6.45) is 0. The fourth-order valence-electron chi connectivity index (χ4n) is 1.34. The zero-order valence-electron chi connectivity index (χ0n) is 9.41. The molecule has 18 heavy (non-hydrogen) atoms. The number of nitrogens with zero attached hydrogens (tertiary/aromatic N) is 2. The van der Waals surface area contributed by atoms with E-state index in [1.54, 1.807) is 25.1 Å². The molecule has 0 amide bonds. The number of aromatic amines is 1. The van der Waals surface area contributed by atoms with Gasteiger partial charge in [0.2, 0.25) is 5.82 Å². The lowest BCUT2D eigenvalue weighted by Gasteiger charge is -1.99. The lowest BCUT2D eigenvalue weighted by molar-refractivity contribution is 0.0512. The molecule has 0 radical (unpaired) electrons. The van der Waals surface area contributed by atoms with Crippen molar-refractivity contribution in [3.05, 3.63) is 33.5 Å². The molecular formula is C11H9BrClN3O2. The Morgan fingerprint density at radius 2 is 2.33 bits per heavy atom. The minimum absolute atomic E-state index is 0.0775. The standard InChI is InChI=1S/C11H9BrClN3O2/c1-2-18-11(17)10-14-9(15-16-10)7-4-3-6(13)5-8(7)12/h3-5H,2H2,1H3,(H,14,15,16). The highest BCUT2D eigenvalue weighted by Crippen LogP contribution is 2.28. The van der Waals surface area contributed by atoms with Gasteiger partial charge >= 0.3 is 5.97 Å². The molecule has 0 aliphatic carbocycles. The Balaban J connectivity index is 2.32. The van der Waals surface area contributed by atoms with Crippen LogP contribution in [0.5, 0.6) is 0 Å². The van der Waals surface area contributed by atoms with Gasteiger partial charge in [-0.05, 0) is 41.1 Å². The first kappa shape index (κ1) is 13.0. The summed E-state index contributed by atoms with van der Waals surface area (Å²) in [7, 11) is 0. The molecule has 1 N–H and O–H groups in total. The van der Waals surface area contributed by atoms with E-state index in [9.17, 15) is 4.79 Å². The molecule has 0 fully saturated rings. The lowest BCUT2D eigenvalue weighted by atomic mass is 10.2. The van der Waals surface area contributed by atoms with Gasteiger partial charge in [0.1, 0.15) is 0 Å². The Bertz CT molecular complexity index is 585. The van der Waals surface area contributed by atoms with Crippen LogP contribution in [0, 0.1) is 0 Å². The van der Waals surface area contributed by atoms with E-state index in [1.165, 1.54) is 0 Å². The molecule has 94 valence electrons. The molecule has 1 aromatic heterocycles. The maximum absolute atomic E-state index is 11.4. The summed E-state index contributed by atoms with van der Waals surface area (Å²) in [6, 6.07) is 5.23. The van der Waals surface area contributed by atoms with Gasteiger partial charge in [0.15, 0.2) is 5.82 Å². The van der Waals surface area contributed by atoms with Gasteiger partial charge < -0.3 is 4.74 Å². The van der Waals surface area contributed by atoms with Gasteiger partial charge in [0.25, 0.3) is 0 Å². The van der Waals surface area contributed by atoms with Crippen molar-refractivity contribution in [2.24, 2.45) is 0 Å². The molecule has 7 heteroatoms. The number of esters is 1. The Kier molecular flexibility index (Phi) is 3.98. The number of H-pyrrole nitrogens is 1. The van der Waals surface area contributed by atoms with Crippen LogP contribution in [0.3, 0.4) is 0 Å². The van der Waals surface area contributed by atoms with Crippen LogP contribution >= 0.6 is 27.5 Å². The summed E-state index contributed by atoms with van der Waals surface area (Å²) in [6.45, 7) is 2.02. The molecular weight excluding hydrogens is 321 g/mol. The number of hydrogen-bond acceptors (Lipinski definition) is 4. The molecule has 2 rings (SSSR count). The number of aromatic nitrogens is 3. The monoisotopic (exact) mass is 329 g/mol. The van der Waals surface area contributed by atoms with Crippen LogP contribution in [0.15, 0.2) is 22.7 Å². The average molecular weight is 331 g/mol. The first-order chi connectivity index (χ1) is 8.61. The number of hydrogen-bond donors (Lipinski definition) is 1. The Morgan fingerprint density at radius 3 is 3.00 bits per heavy atom. The van der Waals surface area contributed by atoms with Gasteiger partial charge in [0, 0.05) is 15.1 Å². The average Bonchev–Trinajstić information content (AvgIpc) is 2.78. The largest absolute Gasteiger partial charge is 0.460 e. The van der Waals surface area contributed by atoms with Gasteiger partial charge in [-0.15, -0.1) is 0 Å². The first-order valence-electron chi connectivity index (χ1n) is 5.16. The molecule has 0 saturated heterocycles. The normalized spacial score (nSPS) is 10.4. The van der Waals surface area contributed by atoms with E-state index in [0.717, 1.165) is 10.0 Å². The second kappa shape index (κ2) is 5.49. The maximum Gasteiger partial charge on any atom is 0.375 e.